The molecule has 0 amide bonds. The number of benzene rings is 1. The summed E-state index contributed by atoms with van der Waals surface area (Å²) in [5, 5.41) is 0. The van der Waals surface area contributed by atoms with Gasteiger partial charge >= 0.3 is 0 Å². The third kappa shape index (κ3) is 3.20. The molecule has 0 spiro atoms. The molecule has 0 radical (unpaired) electrons. The second-order valence-electron chi connectivity index (χ2n) is 5.35. The molecule has 0 saturated heterocycles. The smallest absolute Gasteiger partial charge is 0.200 e. The van der Waals surface area contributed by atoms with Crippen molar-refractivity contribution in [2.75, 3.05) is 6.61 Å². The molecular formula is C17H22F2O. The van der Waals surface area contributed by atoms with Crippen molar-refractivity contribution < 1.29 is 13.5 Å². The van der Waals surface area contributed by atoms with Gasteiger partial charge in [0.15, 0.2) is 11.6 Å². The SMILES string of the molecule is C/C=C/C1CCC(c2ccc(OCC)c(F)c2F)CC1. The normalized spacial score (nSPS) is 23.2. The first-order valence-corrected chi connectivity index (χ1v) is 7.40. The summed E-state index contributed by atoms with van der Waals surface area (Å²) in [4.78, 5) is 0. The van der Waals surface area contributed by atoms with E-state index in [1.165, 1.54) is 0 Å². The number of hydrogen-bond donors (Lipinski definition) is 0. The lowest BCUT2D eigenvalue weighted by Gasteiger charge is -2.27. The molecule has 1 fully saturated rings. The van der Waals surface area contributed by atoms with Crippen LogP contribution in [0.1, 0.15) is 51.0 Å². The standard InChI is InChI=1S/C17H22F2O/c1-3-5-12-6-8-13(9-7-12)14-10-11-15(20-4-2)17(19)16(14)18/h3,5,10-13H,4,6-9H2,1-2H3/b5-3+. The van der Waals surface area contributed by atoms with Gasteiger partial charge in [-0.05, 0) is 63.0 Å². The highest BCUT2D eigenvalue weighted by Gasteiger charge is 2.25. The molecule has 0 N–H and O–H groups in total. The maximum atomic E-state index is 14.1. The summed E-state index contributed by atoms with van der Waals surface area (Å²) in [7, 11) is 0. The molecule has 1 saturated carbocycles. The summed E-state index contributed by atoms with van der Waals surface area (Å²) in [5.74, 6) is -0.852. The fourth-order valence-corrected chi connectivity index (χ4v) is 3.02. The average Bonchev–Trinajstić information content (AvgIpc) is 2.46. The molecule has 2 rings (SSSR count). The highest BCUT2D eigenvalue weighted by molar-refractivity contribution is 5.33. The lowest BCUT2D eigenvalue weighted by molar-refractivity contribution is 0.310. The van der Waals surface area contributed by atoms with Gasteiger partial charge in [-0.15, -0.1) is 0 Å². The molecule has 1 aromatic carbocycles. The topological polar surface area (TPSA) is 9.23 Å². The zero-order valence-corrected chi connectivity index (χ0v) is 12.2. The molecule has 1 aliphatic rings. The van der Waals surface area contributed by atoms with Crippen LogP contribution in [0.4, 0.5) is 8.78 Å². The Balaban J connectivity index is 2.12. The van der Waals surface area contributed by atoms with Gasteiger partial charge in [0, 0.05) is 0 Å². The van der Waals surface area contributed by atoms with Crippen molar-refractivity contribution in [3.63, 3.8) is 0 Å². The zero-order valence-electron chi connectivity index (χ0n) is 12.2. The Kier molecular flexibility index (Phi) is 5.16. The summed E-state index contributed by atoms with van der Waals surface area (Å²) >= 11 is 0. The monoisotopic (exact) mass is 280 g/mol. The Labute approximate surface area is 119 Å². The maximum Gasteiger partial charge on any atom is 0.200 e. The first-order valence-electron chi connectivity index (χ1n) is 7.40. The lowest BCUT2D eigenvalue weighted by atomic mass is 9.78. The molecule has 0 unspecified atom stereocenters. The summed E-state index contributed by atoms with van der Waals surface area (Å²) in [6, 6.07) is 3.24. The molecule has 20 heavy (non-hydrogen) atoms. The van der Waals surface area contributed by atoms with Crippen LogP contribution in [0.3, 0.4) is 0 Å². The number of rotatable bonds is 4. The van der Waals surface area contributed by atoms with Crippen molar-refractivity contribution >= 4 is 0 Å². The first-order chi connectivity index (χ1) is 9.67. The van der Waals surface area contributed by atoms with E-state index in [4.69, 9.17) is 4.74 Å². The van der Waals surface area contributed by atoms with Crippen molar-refractivity contribution in [3.8, 4) is 5.75 Å². The van der Waals surface area contributed by atoms with Crippen molar-refractivity contribution in [1.82, 2.24) is 0 Å². The second kappa shape index (κ2) is 6.87. The van der Waals surface area contributed by atoms with Crippen LogP contribution in [0, 0.1) is 17.6 Å². The number of allylic oxidation sites excluding steroid dienone is 2. The van der Waals surface area contributed by atoms with Gasteiger partial charge in [-0.3, -0.25) is 0 Å². The zero-order chi connectivity index (χ0) is 14.5. The van der Waals surface area contributed by atoms with E-state index in [9.17, 15) is 8.78 Å². The Hall–Kier alpha value is -1.38. The van der Waals surface area contributed by atoms with Gasteiger partial charge in [0.05, 0.1) is 6.61 Å². The van der Waals surface area contributed by atoms with Crippen LogP contribution in [0.15, 0.2) is 24.3 Å². The molecule has 0 aliphatic heterocycles. The van der Waals surface area contributed by atoms with Crippen LogP contribution in [-0.4, -0.2) is 6.61 Å². The number of ether oxygens (including phenoxy) is 1. The van der Waals surface area contributed by atoms with Gasteiger partial charge in [-0.2, -0.15) is 4.39 Å². The molecule has 110 valence electrons. The first kappa shape index (κ1) is 15.0. The molecule has 0 aromatic heterocycles. The Morgan fingerprint density at radius 1 is 1.15 bits per heavy atom. The van der Waals surface area contributed by atoms with Gasteiger partial charge in [0.25, 0.3) is 0 Å². The van der Waals surface area contributed by atoms with Crippen LogP contribution in [-0.2, 0) is 0 Å². The predicted molar refractivity (Wildman–Crippen MR) is 77.0 cm³/mol. The fourth-order valence-electron chi connectivity index (χ4n) is 3.02. The minimum absolute atomic E-state index is 0.0105. The van der Waals surface area contributed by atoms with Crippen LogP contribution in [0.2, 0.25) is 0 Å². The van der Waals surface area contributed by atoms with Crippen LogP contribution < -0.4 is 4.74 Å². The van der Waals surface area contributed by atoms with E-state index in [0.717, 1.165) is 25.7 Å². The van der Waals surface area contributed by atoms with Gasteiger partial charge in [-0.1, -0.05) is 18.2 Å². The summed E-state index contributed by atoms with van der Waals surface area (Å²) in [6.07, 6.45) is 8.21. The minimum atomic E-state index is -0.847. The van der Waals surface area contributed by atoms with E-state index < -0.39 is 11.6 Å². The average molecular weight is 280 g/mol. The second-order valence-corrected chi connectivity index (χ2v) is 5.35. The van der Waals surface area contributed by atoms with Gasteiger partial charge < -0.3 is 4.74 Å². The van der Waals surface area contributed by atoms with E-state index in [2.05, 4.69) is 12.2 Å². The third-order valence-corrected chi connectivity index (χ3v) is 4.05. The Bertz CT molecular complexity index is 474. The summed E-state index contributed by atoms with van der Waals surface area (Å²) in [6.45, 7) is 4.12. The largest absolute Gasteiger partial charge is 0.491 e. The van der Waals surface area contributed by atoms with Gasteiger partial charge in [0.2, 0.25) is 5.82 Å². The van der Waals surface area contributed by atoms with Gasteiger partial charge in [0.1, 0.15) is 0 Å². The predicted octanol–water partition coefficient (Wildman–Crippen LogP) is 5.21. The van der Waals surface area contributed by atoms with E-state index in [1.807, 2.05) is 6.92 Å². The third-order valence-electron chi connectivity index (χ3n) is 4.05. The van der Waals surface area contributed by atoms with Crippen molar-refractivity contribution in [2.45, 2.75) is 45.4 Å². The number of halogens is 2. The molecule has 1 aliphatic carbocycles. The maximum absolute atomic E-state index is 14.1. The molecular weight excluding hydrogens is 258 g/mol. The van der Waals surface area contributed by atoms with E-state index >= 15 is 0 Å². The molecule has 0 heterocycles. The van der Waals surface area contributed by atoms with Crippen LogP contribution >= 0.6 is 0 Å². The van der Waals surface area contributed by atoms with Crippen molar-refractivity contribution in [1.29, 1.82) is 0 Å². The molecule has 3 heteroatoms. The lowest BCUT2D eigenvalue weighted by Crippen LogP contribution is -2.13. The highest BCUT2D eigenvalue weighted by Crippen LogP contribution is 2.38. The molecule has 0 atom stereocenters. The summed E-state index contributed by atoms with van der Waals surface area (Å²) < 4.78 is 33.1. The van der Waals surface area contributed by atoms with Gasteiger partial charge in [-0.25, -0.2) is 4.39 Å². The van der Waals surface area contributed by atoms with E-state index in [0.29, 0.717) is 18.1 Å². The quantitative estimate of drug-likeness (QED) is 0.688. The Morgan fingerprint density at radius 2 is 1.85 bits per heavy atom. The van der Waals surface area contributed by atoms with E-state index in [1.54, 1.807) is 19.1 Å². The summed E-state index contributed by atoms with van der Waals surface area (Å²) in [5.41, 5.74) is 0.505. The number of hydrogen-bond acceptors (Lipinski definition) is 1. The molecule has 1 nitrogen and oxygen atoms in total. The minimum Gasteiger partial charge on any atom is -0.491 e. The van der Waals surface area contributed by atoms with Crippen LogP contribution in [0.25, 0.3) is 0 Å². The highest BCUT2D eigenvalue weighted by atomic mass is 19.2. The van der Waals surface area contributed by atoms with Crippen LogP contribution in [0.5, 0.6) is 5.75 Å². The van der Waals surface area contributed by atoms with Crippen molar-refractivity contribution in [2.24, 2.45) is 5.92 Å². The molecule has 0 bridgehead atoms. The fraction of sp³-hybridized carbons (Fsp3) is 0.529. The van der Waals surface area contributed by atoms with E-state index in [-0.39, 0.29) is 11.7 Å². The van der Waals surface area contributed by atoms with Crippen molar-refractivity contribution in [3.05, 3.63) is 41.5 Å². The molecule has 1 aromatic rings. The Morgan fingerprint density at radius 3 is 2.45 bits per heavy atom.